The standard InChI is InChI=1S/C23H25N3O4/c1-15-9-11-25(12-10-15)23-24-20-13-16(22(28)30-3)7-8-19(20)21(27)26(23)17-5-4-6-18(14-17)29-2/h4-8,13-15H,9-12H2,1-3H3. The van der Waals surface area contributed by atoms with Crippen LogP contribution in [-0.2, 0) is 4.74 Å². The van der Waals surface area contributed by atoms with Crippen LogP contribution in [0.2, 0.25) is 0 Å². The molecular formula is C23H25N3O4. The predicted molar refractivity (Wildman–Crippen MR) is 116 cm³/mol. The number of methoxy groups -OCH3 is 2. The molecule has 0 N–H and O–H groups in total. The molecule has 0 unspecified atom stereocenters. The Balaban J connectivity index is 1.95. The Morgan fingerprint density at radius 3 is 2.57 bits per heavy atom. The van der Waals surface area contributed by atoms with Gasteiger partial charge < -0.3 is 14.4 Å². The molecule has 1 aromatic heterocycles. The Hall–Kier alpha value is -3.35. The van der Waals surface area contributed by atoms with Gasteiger partial charge in [0.2, 0.25) is 5.95 Å². The Bertz CT molecular complexity index is 1150. The van der Waals surface area contributed by atoms with Gasteiger partial charge in [-0.1, -0.05) is 13.0 Å². The van der Waals surface area contributed by atoms with Gasteiger partial charge in [0.05, 0.1) is 36.4 Å². The number of aromatic nitrogens is 2. The number of ether oxygens (including phenoxy) is 2. The minimum absolute atomic E-state index is 0.182. The van der Waals surface area contributed by atoms with Crippen LogP contribution in [0.15, 0.2) is 47.3 Å². The van der Waals surface area contributed by atoms with E-state index in [1.807, 2.05) is 24.3 Å². The second-order valence-electron chi connectivity index (χ2n) is 7.65. The van der Waals surface area contributed by atoms with Crippen LogP contribution in [-0.4, -0.2) is 42.8 Å². The molecular weight excluding hydrogens is 382 g/mol. The Morgan fingerprint density at radius 2 is 1.87 bits per heavy atom. The Labute approximate surface area is 174 Å². The fraction of sp³-hybridized carbons (Fsp3) is 0.348. The fourth-order valence-electron chi connectivity index (χ4n) is 3.82. The van der Waals surface area contributed by atoms with E-state index < -0.39 is 5.97 Å². The molecule has 0 saturated carbocycles. The lowest BCUT2D eigenvalue weighted by Crippen LogP contribution is -2.38. The summed E-state index contributed by atoms with van der Waals surface area (Å²) in [6.45, 7) is 3.88. The summed E-state index contributed by atoms with van der Waals surface area (Å²) in [5.74, 6) is 1.43. The first-order chi connectivity index (χ1) is 14.5. The van der Waals surface area contributed by atoms with Crippen molar-refractivity contribution in [3.05, 3.63) is 58.4 Å². The number of hydrogen-bond donors (Lipinski definition) is 0. The molecule has 4 rings (SSSR count). The minimum Gasteiger partial charge on any atom is -0.497 e. The predicted octanol–water partition coefficient (Wildman–Crippen LogP) is 3.42. The number of esters is 1. The first kappa shape index (κ1) is 19.9. The molecule has 0 aliphatic carbocycles. The zero-order chi connectivity index (χ0) is 21.3. The number of anilines is 1. The van der Waals surface area contributed by atoms with Crippen LogP contribution in [0.3, 0.4) is 0 Å². The first-order valence-corrected chi connectivity index (χ1v) is 10.1. The van der Waals surface area contributed by atoms with E-state index in [1.54, 1.807) is 29.9 Å². The topological polar surface area (TPSA) is 73.7 Å². The zero-order valence-electron chi connectivity index (χ0n) is 17.4. The first-order valence-electron chi connectivity index (χ1n) is 10.1. The molecule has 7 nitrogen and oxygen atoms in total. The molecule has 1 saturated heterocycles. The number of fused-ring (bicyclic) bond motifs is 1. The highest BCUT2D eigenvalue weighted by molar-refractivity contribution is 5.94. The van der Waals surface area contributed by atoms with Gasteiger partial charge in [0, 0.05) is 19.2 Å². The molecule has 2 aromatic carbocycles. The van der Waals surface area contributed by atoms with Gasteiger partial charge >= 0.3 is 5.97 Å². The van der Waals surface area contributed by atoms with Crippen molar-refractivity contribution in [2.24, 2.45) is 5.92 Å². The smallest absolute Gasteiger partial charge is 0.337 e. The van der Waals surface area contributed by atoms with Crippen LogP contribution in [0.1, 0.15) is 30.1 Å². The van der Waals surface area contributed by atoms with Crippen LogP contribution in [0.25, 0.3) is 16.6 Å². The van der Waals surface area contributed by atoms with Gasteiger partial charge in [-0.25, -0.2) is 14.3 Å². The largest absolute Gasteiger partial charge is 0.497 e. The van der Waals surface area contributed by atoms with Gasteiger partial charge in [0.1, 0.15) is 5.75 Å². The van der Waals surface area contributed by atoms with Gasteiger partial charge in [0.15, 0.2) is 0 Å². The van der Waals surface area contributed by atoms with Crippen molar-refractivity contribution >= 4 is 22.8 Å². The molecule has 2 heterocycles. The highest BCUT2D eigenvalue weighted by Gasteiger charge is 2.23. The summed E-state index contributed by atoms with van der Waals surface area (Å²) in [4.78, 5) is 32.5. The van der Waals surface area contributed by atoms with E-state index in [-0.39, 0.29) is 5.56 Å². The maximum Gasteiger partial charge on any atom is 0.337 e. The third-order valence-corrected chi connectivity index (χ3v) is 5.65. The van der Waals surface area contributed by atoms with E-state index in [1.165, 1.54) is 7.11 Å². The van der Waals surface area contributed by atoms with Gasteiger partial charge in [-0.15, -0.1) is 0 Å². The van der Waals surface area contributed by atoms with E-state index in [0.717, 1.165) is 25.9 Å². The summed E-state index contributed by atoms with van der Waals surface area (Å²) in [5, 5.41) is 0.444. The number of piperidine rings is 1. The third-order valence-electron chi connectivity index (χ3n) is 5.65. The summed E-state index contributed by atoms with van der Waals surface area (Å²) in [6, 6.07) is 12.2. The number of nitrogens with zero attached hydrogens (tertiary/aromatic N) is 3. The van der Waals surface area contributed by atoms with Crippen LogP contribution >= 0.6 is 0 Å². The molecule has 3 aromatic rings. The molecule has 0 amide bonds. The Kier molecular flexibility index (Phi) is 5.44. The van der Waals surface area contributed by atoms with E-state index in [0.29, 0.717) is 39.8 Å². The molecule has 0 spiro atoms. The number of rotatable bonds is 4. The van der Waals surface area contributed by atoms with Crippen molar-refractivity contribution in [3.63, 3.8) is 0 Å². The SMILES string of the molecule is COC(=O)c1ccc2c(=O)n(-c3cccc(OC)c3)c(N3CCC(C)CC3)nc2c1. The van der Waals surface area contributed by atoms with Gasteiger partial charge in [-0.2, -0.15) is 0 Å². The summed E-state index contributed by atoms with van der Waals surface area (Å²) >= 11 is 0. The molecule has 0 atom stereocenters. The number of carbonyl (C=O) groups excluding carboxylic acids is 1. The van der Waals surface area contributed by atoms with Crippen LogP contribution in [0.4, 0.5) is 5.95 Å². The molecule has 1 aliphatic heterocycles. The van der Waals surface area contributed by atoms with Crippen molar-refractivity contribution in [1.29, 1.82) is 0 Å². The molecule has 0 bridgehead atoms. The van der Waals surface area contributed by atoms with E-state index in [2.05, 4.69) is 11.8 Å². The van der Waals surface area contributed by atoms with Crippen molar-refractivity contribution < 1.29 is 14.3 Å². The Morgan fingerprint density at radius 1 is 1.10 bits per heavy atom. The van der Waals surface area contributed by atoms with Crippen molar-refractivity contribution in [2.75, 3.05) is 32.2 Å². The second kappa shape index (κ2) is 8.18. The molecule has 156 valence electrons. The number of hydrogen-bond acceptors (Lipinski definition) is 6. The zero-order valence-corrected chi connectivity index (χ0v) is 17.4. The lowest BCUT2D eigenvalue weighted by Gasteiger charge is -2.32. The summed E-state index contributed by atoms with van der Waals surface area (Å²) in [7, 11) is 2.93. The average Bonchev–Trinajstić information content (AvgIpc) is 2.78. The van der Waals surface area contributed by atoms with Gasteiger partial charge in [-0.3, -0.25) is 4.79 Å². The van der Waals surface area contributed by atoms with Crippen LogP contribution in [0, 0.1) is 5.92 Å². The third kappa shape index (κ3) is 3.63. The van der Waals surface area contributed by atoms with Crippen molar-refractivity contribution in [3.8, 4) is 11.4 Å². The van der Waals surface area contributed by atoms with E-state index in [9.17, 15) is 9.59 Å². The lowest BCUT2D eigenvalue weighted by molar-refractivity contribution is 0.0601. The maximum absolute atomic E-state index is 13.5. The molecule has 1 aliphatic rings. The monoisotopic (exact) mass is 407 g/mol. The molecule has 7 heteroatoms. The van der Waals surface area contributed by atoms with Gasteiger partial charge in [-0.05, 0) is 49.1 Å². The van der Waals surface area contributed by atoms with Gasteiger partial charge in [0.25, 0.3) is 5.56 Å². The highest BCUT2D eigenvalue weighted by atomic mass is 16.5. The normalized spacial score (nSPS) is 14.7. The summed E-state index contributed by atoms with van der Waals surface area (Å²) < 4.78 is 11.8. The van der Waals surface area contributed by atoms with Crippen molar-refractivity contribution in [2.45, 2.75) is 19.8 Å². The summed E-state index contributed by atoms with van der Waals surface area (Å²) in [5.41, 5.74) is 1.36. The quantitative estimate of drug-likeness (QED) is 0.617. The minimum atomic E-state index is -0.455. The average molecular weight is 407 g/mol. The maximum atomic E-state index is 13.5. The molecule has 0 radical (unpaired) electrons. The van der Waals surface area contributed by atoms with Crippen molar-refractivity contribution in [1.82, 2.24) is 9.55 Å². The fourth-order valence-corrected chi connectivity index (χ4v) is 3.82. The highest BCUT2D eigenvalue weighted by Crippen LogP contribution is 2.26. The van der Waals surface area contributed by atoms with E-state index >= 15 is 0 Å². The number of benzene rings is 2. The molecule has 1 fully saturated rings. The van der Waals surface area contributed by atoms with Crippen LogP contribution in [0.5, 0.6) is 5.75 Å². The summed E-state index contributed by atoms with van der Waals surface area (Å²) in [6.07, 6.45) is 2.07. The molecule has 30 heavy (non-hydrogen) atoms. The van der Waals surface area contributed by atoms with Crippen LogP contribution < -0.4 is 15.2 Å². The number of carbonyl (C=O) groups is 1. The van der Waals surface area contributed by atoms with E-state index in [4.69, 9.17) is 14.5 Å². The lowest BCUT2D eigenvalue weighted by atomic mass is 9.99. The second-order valence-corrected chi connectivity index (χ2v) is 7.65.